The molecule has 1 aromatic carbocycles. The molecule has 0 aliphatic heterocycles. The van der Waals surface area contributed by atoms with Crippen molar-refractivity contribution < 1.29 is 14.3 Å². The Labute approximate surface area is 95.7 Å². The molecule has 1 aromatic rings. The minimum atomic E-state index is -0.207. The smallest absolute Gasteiger partial charge is 0.257 e. The van der Waals surface area contributed by atoms with Gasteiger partial charge in [0.15, 0.2) is 6.61 Å². The fourth-order valence-electron chi connectivity index (χ4n) is 0.923. The van der Waals surface area contributed by atoms with Gasteiger partial charge in [-0.05, 0) is 34.1 Å². The first kappa shape index (κ1) is 11.7. The van der Waals surface area contributed by atoms with E-state index in [2.05, 4.69) is 21.2 Å². The van der Waals surface area contributed by atoms with Gasteiger partial charge in [0, 0.05) is 12.6 Å². The molecule has 5 heteroatoms. The Hall–Kier alpha value is -1.36. The van der Waals surface area contributed by atoms with Crippen molar-refractivity contribution in [2.24, 2.45) is 0 Å². The number of hydrogen-bond acceptors (Lipinski definition) is 3. The summed E-state index contributed by atoms with van der Waals surface area (Å²) in [6, 6.07) is 4.89. The van der Waals surface area contributed by atoms with Crippen LogP contribution in [0.2, 0.25) is 0 Å². The minimum absolute atomic E-state index is 0.0461. The molecule has 0 spiro atoms. The topological polar surface area (TPSA) is 55.4 Å². The average Bonchev–Trinajstić information content (AvgIpc) is 2.26. The molecular weight excluding hydrogens is 262 g/mol. The molecule has 1 rings (SSSR count). The summed E-state index contributed by atoms with van der Waals surface area (Å²) in [5, 5.41) is 2.44. The number of carbonyl (C=O) groups excluding carboxylic acids is 2. The third-order valence-corrected chi connectivity index (χ3v) is 2.35. The zero-order chi connectivity index (χ0) is 11.3. The van der Waals surface area contributed by atoms with Crippen molar-refractivity contribution in [2.45, 2.75) is 0 Å². The lowest BCUT2D eigenvalue weighted by atomic mass is 10.2. The van der Waals surface area contributed by atoms with Crippen LogP contribution in [0, 0.1) is 0 Å². The number of nitrogens with one attached hydrogen (secondary N) is 1. The highest BCUT2D eigenvalue weighted by Gasteiger charge is 2.04. The third-order valence-electron chi connectivity index (χ3n) is 1.73. The minimum Gasteiger partial charge on any atom is -0.483 e. The molecule has 80 valence electrons. The Balaban J connectivity index is 2.70. The van der Waals surface area contributed by atoms with Crippen molar-refractivity contribution in [1.29, 1.82) is 0 Å². The second-order valence-electron chi connectivity index (χ2n) is 2.77. The summed E-state index contributed by atoms with van der Waals surface area (Å²) in [5.74, 6) is 0.325. The van der Waals surface area contributed by atoms with Gasteiger partial charge in [0.05, 0.1) is 4.47 Å². The average molecular weight is 272 g/mol. The van der Waals surface area contributed by atoms with Gasteiger partial charge in [0.1, 0.15) is 12.0 Å². The zero-order valence-corrected chi connectivity index (χ0v) is 9.71. The molecule has 0 unspecified atom stereocenters. The fourth-order valence-corrected chi connectivity index (χ4v) is 1.43. The number of amides is 1. The van der Waals surface area contributed by atoms with Gasteiger partial charge in [0.25, 0.3) is 5.91 Å². The van der Waals surface area contributed by atoms with E-state index in [0.29, 0.717) is 15.8 Å². The van der Waals surface area contributed by atoms with Crippen molar-refractivity contribution in [3.63, 3.8) is 0 Å². The van der Waals surface area contributed by atoms with E-state index in [-0.39, 0.29) is 12.5 Å². The summed E-state index contributed by atoms with van der Waals surface area (Å²) < 4.78 is 5.86. The molecular formula is C10H10BrNO3. The summed E-state index contributed by atoms with van der Waals surface area (Å²) in [6.07, 6.45) is 0.743. The van der Waals surface area contributed by atoms with E-state index in [1.54, 1.807) is 18.2 Å². The van der Waals surface area contributed by atoms with Crippen LogP contribution in [0.4, 0.5) is 0 Å². The highest BCUT2D eigenvalue weighted by molar-refractivity contribution is 9.10. The molecule has 0 radical (unpaired) electrons. The molecule has 0 aliphatic carbocycles. The highest BCUT2D eigenvalue weighted by atomic mass is 79.9. The van der Waals surface area contributed by atoms with Gasteiger partial charge in [0.2, 0.25) is 0 Å². The van der Waals surface area contributed by atoms with E-state index >= 15 is 0 Å². The van der Waals surface area contributed by atoms with Gasteiger partial charge >= 0.3 is 0 Å². The summed E-state index contributed by atoms with van der Waals surface area (Å²) in [7, 11) is 1.54. The second kappa shape index (κ2) is 5.50. The summed E-state index contributed by atoms with van der Waals surface area (Å²) in [5.41, 5.74) is 0.550. The van der Waals surface area contributed by atoms with Gasteiger partial charge in [-0.15, -0.1) is 0 Å². The Morgan fingerprint density at radius 2 is 2.33 bits per heavy atom. The Morgan fingerprint density at radius 1 is 1.60 bits per heavy atom. The van der Waals surface area contributed by atoms with E-state index in [4.69, 9.17) is 4.74 Å². The van der Waals surface area contributed by atoms with Gasteiger partial charge < -0.3 is 10.1 Å². The summed E-state index contributed by atoms with van der Waals surface area (Å²) >= 11 is 3.24. The number of hydrogen-bond donors (Lipinski definition) is 1. The maximum absolute atomic E-state index is 10.9. The Morgan fingerprint density at radius 3 is 2.87 bits per heavy atom. The molecule has 0 saturated carbocycles. The van der Waals surface area contributed by atoms with Crippen LogP contribution in [0.3, 0.4) is 0 Å². The van der Waals surface area contributed by atoms with Crippen LogP contribution < -0.4 is 10.1 Å². The zero-order valence-electron chi connectivity index (χ0n) is 8.12. The summed E-state index contributed by atoms with van der Waals surface area (Å²) in [4.78, 5) is 21.4. The van der Waals surface area contributed by atoms with Crippen molar-refractivity contribution in [1.82, 2.24) is 5.32 Å². The van der Waals surface area contributed by atoms with E-state index in [1.165, 1.54) is 7.05 Å². The van der Waals surface area contributed by atoms with Crippen LogP contribution in [-0.2, 0) is 4.79 Å². The number of ether oxygens (including phenoxy) is 1. The molecule has 1 N–H and O–H groups in total. The van der Waals surface area contributed by atoms with Crippen LogP contribution in [0.25, 0.3) is 0 Å². The number of aldehydes is 1. The Bertz CT molecular complexity index is 379. The van der Waals surface area contributed by atoms with Crippen molar-refractivity contribution in [3.8, 4) is 5.75 Å². The predicted molar refractivity (Wildman–Crippen MR) is 59.1 cm³/mol. The first-order chi connectivity index (χ1) is 7.17. The molecule has 15 heavy (non-hydrogen) atoms. The van der Waals surface area contributed by atoms with Crippen molar-refractivity contribution >= 4 is 28.1 Å². The summed E-state index contributed by atoms with van der Waals surface area (Å²) in [6.45, 7) is -0.0461. The van der Waals surface area contributed by atoms with Crippen molar-refractivity contribution in [3.05, 3.63) is 28.2 Å². The standard InChI is InChI=1S/C10H10BrNO3/c1-12-10(14)6-15-9-3-2-7(5-13)4-8(9)11/h2-5H,6H2,1H3,(H,12,14). The number of rotatable bonds is 4. The monoisotopic (exact) mass is 271 g/mol. The van der Waals surface area contributed by atoms with E-state index in [1.807, 2.05) is 0 Å². The number of halogens is 1. The van der Waals surface area contributed by atoms with Gasteiger partial charge in [-0.2, -0.15) is 0 Å². The first-order valence-corrected chi connectivity index (χ1v) is 5.04. The predicted octanol–water partition coefficient (Wildman–Crippen LogP) is 1.39. The molecule has 0 atom stereocenters. The van der Waals surface area contributed by atoms with Crippen LogP contribution >= 0.6 is 15.9 Å². The lowest BCUT2D eigenvalue weighted by molar-refractivity contribution is -0.122. The van der Waals surface area contributed by atoms with Gasteiger partial charge in [-0.3, -0.25) is 9.59 Å². The molecule has 0 heterocycles. The van der Waals surface area contributed by atoms with Gasteiger partial charge in [-0.25, -0.2) is 0 Å². The highest BCUT2D eigenvalue weighted by Crippen LogP contribution is 2.25. The maximum atomic E-state index is 10.9. The van der Waals surface area contributed by atoms with E-state index in [0.717, 1.165) is 6.29 Å². The van der Waals surface area contributed by atoms with E-state index in [9.17, 15) is 9.59 Å². The molecule has 4 nitrogen and oxygen atoms in total. The van der Waals surface area contributed by atoms with Crippen LogP contribution in [0.5, 0.6) is 5.75 Å². The second-order valence-corrected chi connectivity index (χ2v) is 3.62. The van der Waals surface area contributed by atoms with E-state index < -0.39 is 0 Å². The fraction of sp³-hybridized carbons (Fsp3) is 0.200. The number of benzene rings is 1. The van der Waals surface area contributed by atoms with Gasteiger partial charge in [-0.1, -0.05) is 0 Å². The van der Waals surface area contributed by atoms with Crippen LogP contribution in [0.1, 0.15) is 10.4 Å². The number of carbonyl (C=O) groups is 2. The molecule has 1 amide bonds. The molecule has 0 aliphatic rings. The molecule has 0 saturated heterocycles. The maximum Gasteiger partial charge on any atom is 0.257 e. The lowest BCUT2D eigenvalue weighted by Crippen LogP contribution is -2.24. The van der Waals surface area contributed by atoms with Crippen LogP contribution in [-0.4, -0.2) is 25.8 Å². The van der Waals surface area contributed by atoms with Crippen molar-refractivity contribution in [2.75, 3.05) is 13.7 Å². The largest absolute Gasteiger partial charge is 0.483 e. The first-order valence-electron chi connectivity index (χ1n) is 4.25. The third kappa shape index (κ3) is 3.36. The molecule has 0 aromatic heterocycles. The molecule has 0 bridgehead atoms. The quantitative estimate of drug-likeness (QED) is 0.842. The normalized spacial score (nSPS) is 9.47. The van der Waals surface area contributed by atoms with Crippen LogP contribution in [0.15, 0.2) is 22.7 Å². The molecule has 0 fully saturated rings. The SMILES string of the molecule is CNC(=O)COc1ccc(C=O)cc1Br. The number of likely N-dealkylation sites (N-methyl/N-ethyl adjacent to an activating group) is 1. The lowest BCUT2D eigenvalue weighted by Gasteiger charge is -2.07. The Kier molecular flexibility index (Phi) is 4.30.